The van der Waals surface area contributed by atoms with Crippen LogP contribution in [0.2, 0.25) is 0 Å². The van der Waals surface area contributed by atoms with Crippen LogP contribution < -0.4 is 4.74 Å². The van der Waals surface area contributed by atoms with Gasteiger partial charge in [0.05, 0.1) is 0 Å². The quantitative estimate of drug-likeness (QED) is 0.847. The van der Waals surface area contributed by atoms with Crippen LogP contribution in [0.25, 0.3) is 0 Å². The van der Waals surface area contributed by atoms with Gasteiger partial charge in [-0.3, -0.25) is 4.79 Å². The highest BCUT2D eigenvalue weighted by Crippen LogP contribution is 2.28. The Morgan fingerprint density at radius 2 is 1.96 bits per heavy atom. The van der Waals surface area contributed by atoms with Crippen LogP contribution in [0.4, 0.5) is 0 Å². The van der Waals surface area contributed by atoms with Crippen LogP contribution in [-0.4, -0.2) is 45.3 Å². The molecule has 1 unspecified atom stereocenters. The molecule has 0 spiro atoms. The minimum Gasteiger partial charge on any atom is -0.484 e. The smallest absolute Gasteiger partial charge is 0.260 e. The number of carbonyl (C=O) groups is 1. The molecule has 0 saturated carbocycles. The van der Waals surface area contributed by atoms with Crippen molar-refractivity contribution in [1.82, 2.24) is 19.7 Å². The molecule has 2 aliphatic rings. The molecule has 2 aromatic rings. The zero-order valence-corrected chi connectivity index (χ0v) is 15.1. The molecule has 0 N–H and O–H groups in total. The maximum atomic E-state index is 12.6. The lowest BCUT2D eigenvalue weighted by Gasteiger charge is -2.32. The molecule has 1 saturated heterocycles. The van der Waals surface area contributed by atoms with Crippen molar-refractivity contribution < 1.29 is 9.53 Å². The molecule has 0 bridgehead atoms. The van der Waals surface area contributed by atoms with E-state index in [1.165, 1.54) is 19.3 Å². The van der Waals surface area contributed by atoms with Gasteiger partial charge < -0.3 is 14.2 Å². The number of aromatic nitrogens is 3. The van der Waals surface area contributed by atoms with Crippen LogP contribution in [-0.2, 0) is 17.8 Å². The first-order valence-corrected chi connectivity index (χ1v) is 9.69. The Kier molecular flexibility index (Phi) is 5.18. The molecule has 138 valence electrons. The Hall–Kier alpha value is -2.37. The van der Waals surface area contributed by atoms with E-state index in [4.69, 9.17) is 4.74 Å². The van der Waals surface area contributed by atoms with Crippen LogP contribution in [0, 0.1) is 0 Å². The summed E-state index contributed by atoms with van der Waals surface area (Å²) >= 11 is 0. The lowest BCUT2D eigenvalue weighted by atomic mass is 9.97. The van der Waals surface area contributed by atoms with Gasteiger partial charge in [-0.05, 0) is 37.8 Å². The van der Waals surface area contributed by atoms with E-state index < -0.39 is 0 Å². The third-order valence-electron chi connectivity index (χ3n) is 5.38. The number of rotatable bonds is 4. The Morgan fingerprint density at radius 1 is 1.08 bits per heavy atom. The Morgan fingerprint density at radius 3 is 2.85 bits per heavy atom. The van der Waals surface area contributed by atoms with Gasteiger partial charge in [-0.25, -0.2) is 0 Å². The summed E-state index contributed by atoms with van der Waals surface area (Å²) < 4.78 is 7.94. The van der Waals surface area contributed by atoms with Crippen molar-refractivity contribution in [1.29, 1.82) is 0 Å². The van der Waals surface area contributed by atoms with E-state index in [-0.39, 0.29) is 18.4 Å². The summed E-state index contributed by atoms with van der Waals surface area (Å²) in [4.78, 5) is 14.5. The van der Waals surface area contributed by atoms with Crippen LogP contribution >= 0.6 is 0 Å². The van der Waals surface area contributed by atoms with Gasteiger partial charge in [0.15, 0.2) is 6.61 Å². The van der Waals surface area contributed by atoms with Crippen LogP contribution in [0.1, 0.15) is 49.7 Å². The average molecular weight is 354 g/mol. The van der Waals surface area contributed by atoms with Crippen molar-refractivity contribution >= 4 is 5.91 Å². The standard InChI is InChI=1S/C20H26N4O2/c25-19(15-26-17-9-3-1-4-10-17)23-12-7-8-16(14-23)20-22-21-18-11-5-2-6-13-24(18)20/h1,3-4,9-10,16H,2,5-8,11-15H2. The van der Waals surface area contributed by atoms with Gasteiger partial charge in [-0.1, -0.05) is 24.6 Å². The van der Waals surface area contributed by atoms with Crippen LogP contribution in [0.15, 0.2) is 30.3 Å². The molecule has 1 aromatic heterocycles. The first-order valence-electron chi connectivity index (χ1n) is 9.69. The maximum absolute atomic E-state index is 12.6. The van der Waals surface area contributed by atoms with Crippen LogP contribution in [0.3, 0.4) is 0 Å². The van der Waals surface area contributed by atoms with E-state index in [0.717, 1.165) is 56.3 Å². The lowest BCUT2D eigenvalue weighted by Crippen LogP contribution is -2.42. The summed E-state index contributed by atoms with van der Waals surface area (Å²) in [5, 5.41) is 8.92. The van der Waals surface area contributed by atoms with E-state index in [9.17, 15) is 4.79 Å². The first kappa shape index (κ1) is 17.1. The second-order valence-corrected chi connectivity index (χ2v) is 7.22. The predicted molar refractivity (Wildman–Crippen MR) is 98.1 cm³/mol. The zero-order chi connectivity index (χ0) is 17.8. The predicted octanol–water partition coefficient (Wildman–Crippen LogP) is 2.79. The molecule has 3 heterocycles. The van der Waals surface area contributed by atoms with Crippen molar-refractivity contribution in [2.45, 2.75) is 51.0 Å². The molecule has 4 rings (SSSR count). The number of para-hydroxylation sites is 1. The Labute approximate surface area is 154 Å². The number of piperidine rings is 1. The second-order valence-electron chi connectivity index (χ2n) is 7.22. The van der Waals surface area contributed by atoms with Crippen LogP contribution in [0.5, 0.6) is 5.75 Å². The summed E-state index contributed by atoms with van der Waals surface area (Å²) in [6.07, 6.45) is 6.75. The maximum Gasteiger partial charge on any atom is 0.260 e. The molecule has 1 fully saturated rings. The highest BCUT2D eigenvalue weighted by Gasteiger charge is 2.29. The monoisotopic (exact) mass is 354 g/mol. The van der Waals surface area contributed by atoms with Gasteiger partial charge in [0.1, 0.15) is 17.4 Å². The number of aryl methyl sites for hydroxylation is 1. The molecule has 1 atom stereocenters. The van der Waals surface area contributed by atoms with E-state index >= 15 is 0 Å². The lowest BCUT2D eigenvalue weighted by molar-refractivity contribution is -0.134. The highest BCUT2D eigenvalue weighted by atomic mass is 16.5. The number of carbonyl (C=O) groups excluding carboxylic acids is 1. The Balaban J connectivity index is 1.40. The zero-order valence-electron chi connectivity index (χ0n) is 15.1. The summed E-state index contributed by atoms with van der Waals surface area (Å²) in [7, 11) is 0. The largest absolute Gasteiger partial charge is 0.484 e. The summed E-state index contributed by atoms with van der Waals surface area (Å²) in [6.45, 7) is 2.62. The number of nitrogens with zero attached hydrogens (tertiary/aromatic N) is 4. The van der Waals surface area contributed by atoms with E-state index in [1.807, 2.05) is 35.2 Å². The number of ether oxygens (including phenoxy) is 1. The fourth-order valence-electron chi connectivity index (χ4n) is 3.98. The van der Waals surface area contributed by atoms with Gasteiger partial charge in [0.25, 0.3) is 5.91 Å². The topological polar surface area (TPSA) is 60.2 Å². The highest BCUT2D eigenvalue weighted by molar-refractivity contribution is 5.78. The van der Waals surface area contributed by atoms with Gasteiger partial charge in [0, 0.05) is 32.0 Å². The molecular formula is C20H26N4O2. The van der Waals surface area contributed by atoms with Crippen molar-refractivity contribution in [2.24, 2.45) is 0 Å². The number of amides is 1. The van der Waals surface area contributed by atoms with Gasteiger partial charge >= 0.3 is 0 Å². The third kappa shape index (κ3) is 3.74. The van der Waals surface area contributed by atoms with E-state index in [0.29, 0.717) is 0 Å². The third-order valence-corrected chi connectivity index (χ3v) is 5.38. The molecular weight excluding hydrogens is 328 g/mol. The second kappa shape index (κ2) is 7.89. The molecule has 26 heavy (non-hydrogen) atoms. The van der Waals surface area contributed by atoms with Crippen molar-refractivity contribution in [3.8, 4) is 5.75 Å². The van der Waals surface area contributed by atoms with E-state index in [2.05, 4.69) is 14.8 Å². The minimum absolute atomic E-state index is 0.0501. The average Bonchev–Trinajstić information content (AvgIpc) is 2.95. The number of benzene rings is 1. The Bertz CT molecular complexity index is 744. The molecule has 6 heteroatoms. The fraction of sp³-hybridized carbons (Fsp3) is 0.550. The number of fused-ring (bicyclic) bond motifs is 1. The normalized spacial score (nSPS) is 20.3. The van der Waals surface area contributed by atoms with Crippen molar-refractivity contribution in [2.75, 3.05) is 19.7 Å². The number of likely N-dealkylation sites (tertiary alicyclic amines) is 1. The van der Waals surface area contributed by atoms with E-state index in [1.54, 1.807) is 0 Å². The SMILES string of the molecule is O=C(COc1ccccc1)N1CCCC(c2nnc3n2CCCCC3)C1. The molecule has 1 amide bonds. The molecule has 0 radical (unpaired) electrons. The van der Waals surface area contributed by atoms with Crippen molar-refractivity contribution in [3.05, 3.63) is 42.0 Å². The summed E-state index contributed by atoms with van der Waals surface area (Å²) in [6, 6.07) is 9.50. The molecule has 2 aliphatic heterocycles. The van der Waals surface area contributed by atoms with Crippen molar-refractivity contribution in [3.63, 3.8) is 0 Å². The number of hydrogen-bond acceptors (Lipinski definition) is 4. The van der Waals surface area contributed by atoms with Gasteiger partial charge in [-0.15, -0.1) is 10.2 Å². The summed E-state index contributed by atoms with van der Waals surface area (Å²) in [5.41, 5.74) is 0. The van der Waals surface area contributed by atoms with Gasteiger partial charge in [0.2, 0.25) is 0 Å². The summed E-state index contributed by atoms with van der Waals surface area (Å²) in [5.74, 6) is 3.26. The molecule has 0 aliphatic carbocycles. The number of hydrogen-bond donors (Lipinski definition) is 0. The first-order chi connectivity index (χ1) is 12.8. The van der Waals surface area contributed by atoms with Gasteiger partial charge in [-0.2, -0.15) is 0 Å². The molecule has 6 nitrogen and oxygen atoms in total. The fourth-order valence-corrected chi connectivity index (χ4v) is 3.98. The molecule has 1 aromatic carbocycles. The minimum atomic E-state index is 0.0501.